The van der Waals surface area contributed by atoms with Crippen molar-refractivity contribution < 1.29 is 15.0 Å². The highest BCUT2D eigenvalue weighted by Crippen LogP contribution is 2.21. The molecular formula is C11H13NO3. The Morgan fingerprint density at radius 1 is 1.40 bits per heavy atom. The molecule has 80 valence electrons. The van der Waals surface area contributed by atoms with Crippen LogP contribution in [0.25, 0.3) is 5.76 Å². The fraction of sp³-hybridized carbons (Fsp3) is 0.182. The number of aliphatic hydroxyl groups is 1. The Bertz CT molecular complexity index is 385. The molecule has 4 nitrogen and oxygen atoms in total. The zero-order valence-electron chi connectivity index (χ0n) is 8.40. The summed E-state index contributed by atoms with van der Waals surface area (Å²) in [4.78, 5) is 10.3. The quantitative estimate of drug-likeness (QED) is 0.661. The van der Waals surface area contributed by atoms with E-state index in [1.54, 1.807) is 25.2 Å². The number of benzene rings is 1. The van der Waals surface area contributed by atoms with Gasteiger partial charge >= 0.3 is 5.97 Å². The Labute approximate surface area is 87.9 Å². The predicted molar refractivity (Wildman–Crippen MR) is 58.8 cm³/mol. The molecule has 0 aliphatic carbocycles. The maximum Gasteiger partial charge on any atom is 0.307 e. The molecule has 4 heteroatoms. The molecule has 0 saturated carbocycles. The molecule has 0 bridgehead atoms. The van der Waals surface area contributed by atoms with Gasteiger partial charge in [-0.25, -0.2) is 0 Å². The van der Waals surface area contributed by atoms with Gasteiger partial charge in [0.2, 0.25) is 0 Å². The summed E-state index contributed by atoms with van der Waals surface area (Å²) in [5.41, 5.74) is 1.36. The van der Waals surface area contributed by atoms with Gasteiger partial charge < -0.3 is 15.5 Å². The monoisotopic (exact) mass is 207 g/mol. The van der Waals surface area contributed by atoms with E-state index in [9.17, 15) is 9.90 Å². The highest BCUT2D eigenvalue weighted by molar-refractivity contribution is 5.76. The van der Waals surface area contributed by atoms with Crippen molar-refractivity contribution >= 4 is 17.4 Å². The third-order valence-corrected chi connectivity index (χ3v) is 1.94. The standard InChI is InChI=1S/C11H13NO3/c1-12-9-5-3-2-4-8(9)10(13)6-7-11(14)15/h2-6,12-13H,7H2,1H3,(H,14,15)/b10-6+. The average Bonchev–Trinajstić information content (AvgIpc) is 2.25. The van der Waals surface area contributed by atoms with Crippen LogP contribution >= 0.6 is 0 Å². The number of aliphatic hydroxyl groups excluding tert-OH is 1. The van der Waals surface area contributed by atoms with Crippen molar-refractivity contribution in [3.8, 4) is 0 Å². The minimum absolute atomic E-state index is 0.0256. The van der Waals surface area contributed by atoms with Crippen molar-refractivity contribution in [1.82, 2.24) is 0 Å². The maximum absolute atomic E-state index is 10.3. The summed E-state index contributed by atoms with van der Waals surface area (Å²) in [6, 6.07) is 7.14. The minimum atomic E-state index is -0.969. The van der Waals surface area contributed by atoms with E-state index in [0.29, 0.717) is 5.56 Å². The normalized spacial score (nSPS) is 11.1. The topological polar surface area (TPSA) is 69.6 Å². The molecule has 0 aromatic heterocycles. The number of anilines is 1. The van der Waals surface area contributed by atoms with Crippen molar-refractivity contribution in [2.75, 3.05) is 12.4 Å². The summed E-state index contributed by atoms with van der Waals surface area (Å²) in [6.07, 6.45) is 1.09. The number of carboxylic acids is 1. The Hall–Kier alpha value is -1.97. The van der Waals surface area contributed by atoms with E-state index in [2.05, 4.69) is 5.32 Å². The highest BCUT2D eigenvalue weighted by Gasteiger charge is 2.04. The van der Waals surface area contributed by atoms with Gasteiger partial charge in [-0.1, -0.05) is 12.1 Å². The summed E-state index contributed by atoms with van der Waals surface area (Å²) < 4.78 is 0. The highest BCUT2D eigenvalue weighted by atomic mass is 16.4. The first-order valence-corrected chi connectivity index (χ1v) is 4.53. The molecule has 0 unspecified atom stereocenters. The Balaban J connectivity index is 2.94. The lowest BCUT2D eigenvalue weighted by Gasteiger charge is -2.07. The summed E-state index contributed by atoms with van der Waals surface area (Å²) >= 11 is 0. The van der Waals surface area contributed by atoms with Gasteiger partial charge in [0.25, 0.3) is 0 Å². The van der Waals surface area contributed by atoms with Crippen LogP contribution in [0.3, 0.4) is 0 Å². The third-order valence-electron chi connectivity index (χ3n) is 1.94. The van der Waals surface area contributed by atoms with Gasteiger partial charge in [-0.2, -0.15) is 0 Å². The molecule has 0 heterocycles. The van der Waals surface area contributed by atoms with E-state index < -0.39 is 5.97 Å². The second-order valence-electron chi connectivity index (χ2n) is 2.98. The van der Waals surface area contributed by atoms with Crippen LogP contribution < -0.4 is 5.32 Å². The van der Waals surface area contributed by atoms with E-state index in [0.717, 1.165) is 5.69 Å². The third kappa shape index (κ3) is 3.02. The van der Waals surface area contributed by atoms with Gasteiger partial charge in [0.15, 0.2) is 0 Å². The van der Waals surface area contributed by atoms with Crippen LogP contribution in [-0.4, -0.2) is 23.2 Å². The van der Waals surface area contributed by atoms with E-state index in [4.69, 9.17) is 5.11 Å². The molecule has 1 aromatic carbocycles. The molecule has 0 spiro atoms. The number of para-hydroxylation sites is 1. The van der Waals surface area contributed by atoms with Gasteiger partial charge in [0.1, 0.15) is 5.76 Å². The molecule has 1 rings (SSSR count). The van der Waals surface area contributed by atoms with E-state index in [1.807, 2.05) is 6.07 Å². The van der Waals surface area contributed by atoms with Crippen LogP contribution in [0.2, 0.25) is 0 Å². The first-order valence-electron chi connectivity index (χ1n) is 4.53. The predicted octanol–water partition coefficient (Wildman–Crippen LogP) is 2.10. The SMILES string of the molecule is CNc1ccccc1/C(O)=C\CC(=O)O. The fourth-order valence-electron chi connectivity index (χ4n) is 1.22. The van der Waals surface area contributed by atoms with Crippen LogP contribution in [0.4, 0.5) is 5.69 Å². The van der Waals surface area contributed by atoms with Crippen LogP contribution in [-0.2, 0) is 4.79 Å². The fourth-order valence-corrected chi connectivity index (χ4v) is 1.22. The Kier molecular flexibility index (Phi) is 3.74. The van der Waals surface area contributed by atoms with Crippen LogP contribution in [0.15, 0.2) is 30.3 Å². The zero-order chi connectivity index (χ0) is 11.3. The second kappa shape index (κ2) is 5.05. The van der Waals surface area contributed by atoms with Gasteiger partial charge in [0.05, 0.1) is 6.42 Å². The van der Waals surface area contributed by atoms with Gasteiger partial charge in [-0.05, 0) is 18.2 Å². The second-order valence-corrected chi connectivity index (χ2v) is 2.98. The first kappa shape index (κ1) is 11.1. The number of hydrogen-bond acceptors (Lipinski definition) is 3. The van der Waals surface area contributed by atoms with Gasteiger partial charge in [-0.3, -0.25) is 4.79 Å². The molecule has 0 radical (unpaired) electrons. The van der Waals surface area contributed by atoms with Crippen molar-refractivity contribution in [3.63, 3.8) is 0 Å². The van der Waals surface area contributed by atoms with Gasteiger partial charge in [-0.15, -0.1) is 0 Å². The molecular weight excluding hydrogens is 194 g/mol. The number of aliphatic carboxylic acids is 1. The molecule has 0 amide bonds. The lowest BCUT2D eigenvalue weighted by molar-refractivity contribution is -0.136. The minimum Gasteiger partial charge on any atom is -0.508 e. The van der Waals surface area contributed by atoms with Crippen LogP contribution in [0.5, 0.6) is 0 Å². The summed E-state index contributed by atoms with van der Waals surface area (Å²) in [5.74, 6) is -0.995. The van der Waals surface area contributed by atoms with Crippen molar-refractivity contribution in [2.45, 2.75) is 6.42 Å². The molecule has 15 heavy (non-hydrogen) atoms. The molecule has 0 fully saturated rings. The molecule has 1 aromatic rings. The number of carbonyl (C=O) groups is 1. The smallest absolute Gasteiger partial charge is 0.307 e. The maximum atomic E-state index is 10.3. The average molecular weight is 207 g/mol. The molecule has 0 aliphatic heterocycles. The van der Waals surface area contributed by atoms with Crippen LogP contribution in [0.1, 0.15) is 12.0 Å². The van der Waals surface area contributed by atoms with Crippen molar-refractivity contribution in [3.05, 3.63) is 35.9 Å². The van der Waals surface area contributed by atoms with Crippen molar-refractivity contribution in [1.29, 1.82) is 0 Å². The van der Waals surface area contributed by atoms with E-state index in [1.165, 1.54) is 6.08 Å². The van der Waals surface area contributed by atoms with E-state index in [-0.39, 0.29) is 12.2 Å². The van der Waals surface area contributed by atoms with Crippen LogP contribution in [0, 0.1) is 0 Å². The lowest BCUT2D eigenvalue weighted by Crippen LogP contribution is -1.96. The van der Waals surface area contributed by atoms with E-state index >= 15 is 0 Å². The molecule has 0 saturated heterocycles. The Morgan fingerprint density at radius 2 is 2.07 bits per heavy atom. The number of carboxylic acid groups (broad SMARTS) is 1. The molecule has 3 N–H and O–H groups in total. The lowest BCUT2D eigenvalue weighted by atomic mass is 10.1. The summed E-state index contributed by atoms with van der Waals surface area (Å²) in [6.45, 7) is 0. The molecule has 0 aliphatic rings. The number of hydrogen-bond donors (Lipinski definition) is 3. The Morgan fingerprint density at radius 3 is 2.67 bits per heavy atom. The first-order chi connectivity index (χ1) is 7.15. The van der Waals surface area contributed by atoms with Crippen molar-refractivity contribution in [2.24, 2.45) is 0 Å². The molecule has 0 atom stereocenters. The summed E-state index contributed by atoms with van der Waals surface area (Å²) in [5, 5.41) is 21.0. The summed E-state index contributed by atoms with van der Waals surface area (Å²) in [7, 11) is 1.74. The largest absolute Gasteiger partial charge is 0.508 e. The zero-order valence-corrected chi connectivity index (χ0v) is 8.40. The number of rotatable bonds is 4. The van der Waals surface area contributed by atoms with Gasteiger partial charge in [0, 0.05) is 18.3 Å². The number of nitrogens with one attached hydrogen (secondary N) is 1.